The molecule has 2 rings (SSSR count). The first-order valence-corrected chi connectivity index (χ1v) is 7.93. The molecule has 0 aromatic carbocycles. The normalized spacial score (nSPS) is 18.1. The molecule has 1 aromatic rings. The minimum absolute atomic E-state index is 0.0202. The first kappa shape index (κ1) is 16.5. The third kappa shape index (κ3) is 4.29. The van der Waals surface area contributed by atoms with E-state index in [4.69, 9.17) is 0 Å². The molecule has 0 bridgehead atoms. The molecule has 1 aliphatic rings. The molecule has 1 fully saturated rings. The van der Waals surface area contributed by atoms with Gasteiger partial charge in [0.15, 0.2) is 0 Å². The SMILES string of the molecule is Cc1cccnc1CCNC(=O)[C@@H]1CC(=O)N(CC(C)C)C1. The van der Waals surface area contributed by atoms with Crippen molar-refractivity contribution in [2.24, 2.45) is 11.8 Å². The van der Waals surface area contributed by atoms with Crippen LogP contribution in [0.2, 0.25) is 0 Å². The van der Waals surface area contributed by atoms with E-state index >= 15 is 0 Å². The molecule has 120 valence electrons. The highest BCUT2D eigenvalue weighted by Crippen LogP contribution is 2.19. The van der Waals surface area contributed by atoms with E-state index in [2.05, 4.69) is 24.1 Å². The molecular formula is C17H25N3O2. The summed E-state index contributed by atoms with van der Waals surface area (Å²) in [6.07, 6.45) is 2.82. The van der Waals surface area contributed by atoms with E-state index in [0.29, 0.717) is 25.4 Å². The molecule has 0 aliphatic carbocycles. The molecule has 1 saturated heterocycles. The summed E-state index contributed by atoms with van der Waals surface area (Å²) in [6, 6.07) is 3.93. The maximum absolute atomic E-state index is 12.2. The summed E-state index contributed by atoms with van der Waals surface area (Å²) in [5.74, 6) is 0.289. The van der Waals surface area contributed by atoms with Crippen molar-refractivity contribution >= 4 is 11.8 Å². The summed E-state index contributed by atoms with van der Waals surface area (Å²) in [4.78, 5) is 30.2. The highest BCUT2D eigenvalue weighted by atomic mass is 16.2. The first-order valence-electron chi connectivity index (χ1n) is 7.93. The summed E-state index contributed by atoms with van der Waals surface area (Å²) in [7, 11) is 0. The van der Waals surface area contributed by atoms with Gasteiger partial charge in [-0.1, -0.05) is 19.9 Å². The van der Waals surface area contributed by atoms with Crippen molar-refractivity contribution in [1.29, 1.82) is 0 Å². The van der Waals surface area contributed by atoms with Gasteiger partial charge in [0, 0.05) is 44.4 Å². The number of aromatic nitrogens is 1. The molecule has 2 heterocycles. The van der Waals surface area contributed by atoms with E-state index in [1.165, 1.54) is 0 Å². The topological polar surface area (TPSA) is 62.3 Å². The maximum Gasteiger partial charge on any atom is 0.225 e. The number of hydrogen-bond acceptors (Lipinski definition) is 3. The predicted molar refractivity (Wildman–Crippen MR) is 85.2 cm³/mol. The van der Waals surface area contributed by atoms with Crippen molar-refractivity contribution in [3.8, 4) is 0 Å². The monoisotopic (exact) mass is 303 g/mol. The lowest BCUT2D eigenvalue weighted by Crippen LogP contribution is -2.35. The number of carbonyl (C=O) groups is 2. The van der Waals surface area contributed by atoms with E-state index in [1.54, 1.807) is 11.1 Å². The molecule has 0 spiro atoms. The van der Waals surface area contributed by atoms with E-state index in [-0.39, 0.29) is 17.7 Å². The lowest BCUT2D eigenvalue weighted by Gasteiger charge is -2.18. The second-order valence-electron chi connectivity index (χ2n) is 6.40. The summed E-state index contributed by atoms with van der Waals surface area (Å²) in [5, 5.41) is 2.94. The number of amides is 2. The summed E-state index contributed by atoms with van der Waals surface area (Å²) < 4.78 is 0. The fourth-order valence-corrected chi connectivity index (χ4v) is 2.79. The fourth-order valence-electron chi connectivity index (χ4n) is 2.79. The largest absolute Gasteiger partial charge is 0.355 e. The summed E-state index contributed by atoms with van der Waals surface area (Å²) >= 11 is 0. The standard InChI is InChI=1S/C17H25N3O2/c1-12(2)10-20-11-14(9-16(20)21)17(22)19-8-6-15-13(3)5-4-7-18-15/h4-5,7,12,14H,6,8-11H2,1-3H3,(H,19,22)/t14-/m1/s1. The van der Waals surface area contributed by atoms with Crippen LogP contribution in [0.25, 0.3) is 0 Å². The minimum Gasteiger partial charge on any atom is -0.355 e. The first-order chi connectivity index (χ1) is 10.5. The molecule has 5 nitrogen and oxygen atoms in total. The van der Waals surface area contributed by atoms with Crippen molar-refractivity contribution in [2.45, 2.75) is 33.6 Å². The molecule has 0 radical (unpaired) electrons. The van der Waals surface area contributed by atoms with Gasteiger partial charge in [-0.2, -0.15) is 0 Å². The van der Waals surface area contributed by atoms with Crippen molar-refractivity contribution in [2.75, 3.05) is 19.6 Å². The Labute approximate surface area is 132 Å². The summed E-state index contributed by atoms with van der Waals surface area (Å²) in [6.45, 7) is 8.02. The van der Waals surface area contributed by atoms with Gasteiger partial charge in [-0.05, 0) is 24.5 Å². The molecule has 5 heteroatoms. The van der Waals surface area contributed by atoms with Crippen LogP contribution in [0.3, 0.4) is 0 Å². The van der Waals surface area contributed by atoms with Crippen molar-refractivity contribution in [1.82, 2.24) is 15.2 Å². The predicted octanol–water partition coefficient (Wildman–Crippen LogP) is 1.55. The van der Waals surface area contributed by atoms with Gasteiger partial charge < -0.3 is 10.2 Å². The van der Waals surface area contributed by atoms with E-state index in [0.717, 1.165) is 24.2 Å². The van der Waals surface area contributed by atoms with Crippen LogP contribution in [-0.4, -0.2) is 41.3 Å². The highest BCUT2D eigenvalue weighted by molar-refractivity contribution is 5.89. The summed E-state index contributed by atoms with van der Waals surface area (Å²) in [5.41, 5.74) is 2.14. The smallest absolute Gasteiger partial charge is 0.225 e. The molecule has 0 saturated carbocycles. The second-order valence-corrected chi connectivity index (χ2v) is 6.40. The average Bonchev–Trinajstić information content (AvgIpc) is 2.81. The third-order valence-electron chi connectivity index (χ3n) is 3.95. The van der Waals surface area contributed by atoms with Crippen LogP contribution >= 0.6 is 0 Å². The van der Waals surface area contributed by atoms with Crippen LogP contribution in [0.15, 0.2) is 18.3 Å². The van der Waals surface area contributed by atoms with Gasteiger partial charge in [0.25, 0.3) is 0 Å². The zero-order valence-corrected chi connectivity index (χ0v) is 13.6. The van der Waals surface area contributed by atoms with Gasteiger partial charge >= 0.3 is 0 Å². The number of rotatable bonds is 6. The Morgan fingerprint density at radius 3 is 2.95 bits per heavy atom. The van der Waals surface area contributed by atoms with Crippen molar-refractivity contribution in [3.63, 3.8) is 0 Å². The van der Waals surface area contributed by atoms with E-state index in [9.17, 15) is 9.59 Å². The second kappa shape index (κ2) is 7.38. The number of hydrogen-bond donors (Lipinski definition) is 1. The molecule has 1 aromatic heterocycles. The number of nitrogens with zero attached hydrogens (tertiary/aromatic N) is 2. The molecule has 1 atom stereocenters. The zero-order valence-electron chi connectivity index (χ0n) is 13.6. The van der Waals surface area contributed by atoms with Crippen LogP contribution < -0.4 is 5.32 Å². The van der Waals surface area contributed by atoms with Crippen molar-refractivity contribution in [3.05, 3.63) is 29.6 Å². The van der Waals surface area contributed by atoms with E-state index < -0.39 is 0 Å². The van der Waals surface area contributed by atoms with Gasteiger partial charge in [0.2, 0.25) is 11.8 Å². The lowest BCUT2D eigenvalue weighted by atomic mass is 10.1. The van der Waals surface area contributed by atoms with Crippen LogP contribution in [0, 0.1) is 18.8 Å². The number of nitrogens with one attached hydrogen (secondary N) is 1. The Morgan fingerprint density at radius 1 is 1.50 bits per heavy atom. The Morgan fingerprint density at radius 2 is 2.27 bits per heavy atom. The van der Waals surface area contributed by atoms with Gasteiger partial charge in [-0.25, -0.2) is 0 Å². The lowest BCUT2D eigenvalue weighted by molar-refractivity contribution is -0.129. The van der Waals surface area contributed by atoms with E-state index in [1.807, 2.05) is 19.1 Å². The fraction of sp³-hybridized carbons (Fsp3) is 0.588. The van der Waals surface area contributed by atoms with Gasteiger partial charge in [0.1, 0.15) is 0 Å². The van der Waals surface area contributed by atoms with Gasteiger partial charge in [-0.3, -0.25) is 14.6 Å². The number of pyridine rings is 1. The molecule has 22 heavy (non-hydrogen) atoms. The Kier molecular flexibility index (Phi) is 5.52. The average molecular weight is 303 g/mol. The van der Waals surface area contributed by atoms with Crippen LogP contribution in [0.5, 0.6) is 0 Å². The quantitative estimate of drug-likeness (QED) is 0.867. The molecule has 1 N–H and O–H groups in total. The molecule has 0 unspecified atom stereocenters. The highest BCUT2D eigenvalue weighted by Gasteiger charge is 2.34. The third-order valence-corrected chi connectivity index (χ3v) is 3.95. The Hall–Kier alpha value is -1.91. The van der Waals surface area contributed by atoms with Gasteiger partial charge in [-0.15, -0.1) is 0 Å². The van der Waals surface area contributed by atoms with Crippen LogP contribution in [0.1, 0.15) is 31.5 Å². The maximum atomic E-state index is 12.2. The molecule has 2 amide bonds. The van der Waals surface area contributed by atoms with Gasteiger partial charge in [0.05, 0.1) is 5.92 Å². The van der Waals surface area contributed by atoms with Crippen LogP contribution in [-0.2, 0) is 16.0 Å². The molecular weight excluding hydrogens is 278 g/mol. The minimum atomic E-state index is -0.212. The Bertz CT molecular complexity index is 542. The molecule has 1 aliphatic heterocycles. The van der Waals surface area contributed by atoms with Crippen LogP contribution in [0.4, 0.5) is 0 Å². The number of likely N-dealkylation sites (tertiary alicyclic amines) is 1. The number of carbonyl (C=O) groups excluding carboxylic acids is 2. The number of aryl methyl sites for hydroxylation is 1. The zero-order chi connectivity index (χ0) is 16.1. The Balaban J connectivity index is 1.79. The van der Waals surface area contributed by atoms with Crippen molar-refractivity contribution < 1.29 is 9.59 Å².